The van der Waals surface area contributed by atoms with Crippen LogP contribution in [0.3, 0.4) is 0 Å². The van der Waals surface area contributed by atoms with E-state index >= 15 is 0 Å². The van der Waals surface area contributed by atoms with E-state index in [9.17, 15) is 14.4 Å². The second kappa shape index (κ2) is 10.1. The number of carbonyl (C=O) groups is 3. The van der Waals surface area contributed by atoms with Crippen molar-refractivity contribution in [2.75, 3.05) is 25.0 Å². The Morgan fingerprint density at radius 1 is 1.07 bits per heavy atom. The van der Waals surface area contributed by atoms with Gasteiger partial charge < -0.3 is 15.0 Å². The van der Waals surface area contributed by atoms with Gasteiger partial charge in [0.05, 0.1) is 12.5 Å². The highest BCUT2D eigenvalue weighted by Gasteiger charge is 2.28. The molecule has 6 nitrogen and oxygen atoms in total. The number of carbonyl (C=O) groups excluding carboxylic acids is 3. The third-order valence-corrected chi connectivity index (χ3v) is 5.16. The summed E-state index contributed by atoms with van der Waals surface area (Å²) in [4.78, 5) is 38.4. The molecule has 148 valence electrons. The second-order valence-electron chi connectivity index (χ2n) is 6.90. The van der Waals surface area contributed by atoms with Crippen LogP contribution in [0.2, 0.25) is 0 Å². The van der Waals surface area contributed by atoms with Crippen LogP contribution in [-0.2, 0) is 14.3 Å². The third kappa shape index (κ3) is 5.55. The summed E-state index contributed by atoms with van der Waals surface area (Å²) >= 11 is 0. The van der Waals surface area contributed by atoms with Gasteiger partial charge in [-0.2, -0.15) is 0 Å². The number of hydrogen-bond acceptors (Lipinski definition) is 4. The zero-order valence-electron chi connectivity index (χ0n) is 16.5. The molecule has 1 fully saturated rings. The minimum atomic E-state index is -0.165. The molecule has 0 atom stereocenters. The number of esters is 1. The fourth-order valence-electron chi connectivity index (χ4n) is 3.36. The summed E-state index contributed by atoms with van der Waals surface area (Å²) in [6.07, 6.45) is 2.88. The number of ether oxygens (including phenoxy) is 1. The van der Waals surface area contributed by atoms with E-state index in [1.165, 1.54) is 0 Å². The van der Waals surface area contributed by atoms with Gasteiger partial charge in [-0.1, -0.05) is 13.8 Å². The van der Waals surface area contributed by atoms with E-state index in [2.05, 4.69) is 5.32 Å². The van der Waals surface area contributed by atoms with Crippen molar-refractivity contribution in [2.45, 2.75) is 46.5 Å². The molecule has 0 radical (unpaired) electrons. The van der Waals surface area contributed by atoms with Gasteiger partial charge in [-0.05, 0) is 56.9 Å². The number of benzene rings is 1. The summed E-state index contributed by atoms with van der Waals surface area (Å²) in [6.45, 7) is 7.29. The Bertz CT molecular complexity index is 645. The summed E-state index contributed by atoms with van der Waals surface area (Å²) in [6, 6.07) is 7.00. The molecule has 0 spiro atoms. The lowest BCUT2D eigenvalue weighted by molar-refractivity contribution is -0.149. The lowest BCUT2D eigenvalue weighted by Crippen LogP contribution is -2.40. The van der Waals surface area contributed by atoms with Crippen LogP contribution in [0.5, 0.6) is 0 Å². The Morgan fingerprint density at radius 2 is 1.67 bits per heavy atom. The number of nitrogens with one attached hydrogen (secondary N) is 1. The van der Waals surface area contributed by atoms with Crippen LogP contribution in [-0.4, -0.2) is 42.4 Å². The average Bonchev–Trinajstić information content (AvgIpc) is 2.69. The minimum Gasteiger partial charge on any atom is -0.466 e. The first kappa shape index (κ1) is 20.9. The number of hydrogen-bond donors (Lipinski definition) is 1. The zero-order chi connectivity index (χ0) is 19.8. The third-order valence-electron chi connectivity index (χ3n) is 5.16. The normalized spacial score (nSPS) is 14.9. The highest BCUT2D eigenvalue weighted by Crippen LogP contribution is 2.21. The van der Waals surface area contributed by atoms with Crippen molar-refractivity contribution in [3.8, 4) is 0 Å². The van der Waals surface area contributed by atoms with Crippen molar-refractivity contribution in [1.82, 2.24) is 4.90 Å². The van der Waals surface area contributed by atoms with Crippen molar-refractivity contribution < 1.29 is 19.1 Å². The van der Waals surface area contributed by atoms with Gasteiger partial charge in [0.15, 0.2) is 0 Å². The van der Waals surface area contributed by atoms with E-state index in [4.69, 9.17) is 4.74 Å². The van der Waals surface area contributed by atoms with E-state index in [0.29, 0.717) is 43.8 Å². The summed E-state index contributed by atoms with van der Waals surface area (Å²) in [7, 11) is 0. The molecule has 6 heteroatoms. The van der Waals surface area contributed by atoms with Gasteiger partial charge in [0.1, 0.15) is 0 Å². The van der Waals surface area contributed by atoms with Gasteiger partial charge in [-0.15, -0.1) is 0 Å². The maximum atomic E-state index is 12.7. The summed E-state index contributed by atoms with van der Waals surface area (Å²) in [5.41, 5.74) is 1.29. The smallest absolute Gasteiger partial charge is 0.309 e. The maximum Gasteiger partial charge on any atom is 0.309 e. The van der Waals surface area contributed by atoms with Crippen LogP contribution in [0, 0.1) is 11.8 Å². The van der Waals surface area contributed by atoms with E-state index in [0.717, 1.165) is 12.8 Å². The van der Waals surface area contributed by atoms with Crippen molar-refractivity contribution in [3.05, 3.63) is 29.8 Å². The van der Waals surface area contributed by atoms with E-state index in [1.807, 2.05) is 13.8 Å². The summed E-state index contributed by atoms with van der Waals surface area (Å²) in [5, 5.41) is 2.90. The van der Waals surface area contributed by atoms with Gasteiger partial charge in [-0.25, -0.2) is 0 Å². The van der Waals surface area contributed by atoms with Crippen LogP contribution in [0.4, 0.5) is 5.69 Å². The number of likely N-dealkylation sites (tertiary alicyclic amines) is 1. The molecule has 1 saturated heterocycles. The lowest BCUT2D eigenvalue weighted by atomic mass is 9.96. The Kier molecular flexibility index (Phi) is 7.82. The molecule has 1 aliphatic heterocycles. The Morgan fingerprint density at radius 3 is 2.19 bits per heavy atom. The molecule has 0 bridgehead atoms. The molecule has 0 unspecified atom stereocenters. The first-order valence-corrected chi connectivity index (χ1v) is 9.86. The van der Waals surface area contributed by atoms with Crippen LogP contribution in [0.25, 0.3) is 0 Å². The number of anilines is 1. The van der Waals surface area contributed by atoms with Crippen LogP contribution >= 0.6 is 0 Å². The molecule has 1 aliphatic rings. The summed E-state index contributed by atoms with van der Waals surface area (Å²) in [5.74, 6) is -0.305. The molecule has 1 N–H and O–H groups in total. The molecule has 27 heavy (non-hydrogen) atoms. The summed E-state index contributed by atoms with van der Waals surface area (Å²) < 4.78 is 5.06. The highest BCUT2D eigenvalue weighted by atomic mass is 16.5. The van der Waals surface area contributed by atoms with E-state index in [-0.39, 0.29) is 29.6 Å². The van der Waals surface area contributed by atoms with Crippen molar-refractivity contribution in [3.63, 3.8) is 0 Å². The van der Waals surface area contributed by atoms with Gasteiger partial charge in [0.25, 0.3) is 5.91 Å². The van der Waals surface area contributed by atoms with Gasteiger partial charge in [0.2, 0.25) is 5.91 Å². The van der Waals surface area contributed by atoms with Crippen LogP contribution in [0.1, 0.15) is 56.8 Å². The fraction of sp³-hybridized carbons (Fsp3) is 0.571. The van der Waals surface area contributed by atoms with Gasteiger partial charge in [0, 0.05) is 30.3 Å². The molecule has 1 heterocycles. The van der Waals surface area contributed by atoms with Crippen molar-refractivity contribution in [2.24, 2.45) is 11.8 Å². The molecular formula is C21H30N2O4. The van der Waals surface area contributed by atoms with Crippen molar-refractivity contribution >= 4 is 23.5 Å². The quantitative estimate of drug-likeness (QED) is 0.742. The monoisotopic (exact) mass is 374 g/mol. The number of piperidine rings is 1. The molecule has 0 aromatic heterocycles. The standard InChI is InChI=1S/C21H30N2O4/c1-4-15(5-2)19(24)22-18-9-7-16(8-10-18)20(25)23-13-11-17(12-14-23)21(26)27-6-3/h7-10,15,17H,4-6,11-14H2,1-3H3,(H,22,24). The van der Waals surface area contributed by atoms with Crippen LogP contribution < -0.4 is 5.32 Å². The van der Waals surface area contributed by atoms with Crippen molar-refractivity contribution in [1.29, 1.82) is 0 Å². The molecule has 1 aromatic rings. The zero-order valence-corrected chi connectivity index (χ0v) is 16.5. The molecule has 0 aliphatic carbocycles. The molecular weight excluding hydrogens is 344 g/mol. The SMILES string of the molecule is CCOC(=O)C1CCN(C(=O)c2ccc(NC(=O)C(CC)CC)cc2)CC1. The number of rotatable bonds is 7. The van der Waals surface area contributed by atoms with E-state index < -0.39 is 0 Å². The molecule has 1 aromatic carbocycles. The first-order chi connectivity index (χ1) is 13.0. The van der Waals surface area contributed by atoms with Gasteiger partial charge >= 0.3 is 5.97 Å². The second-order valence-corrected chi connectivity index (χ2v) is 6.90. The predicted molar refractivity (Wildman–Crippen MR) is 104 cm³/mol. The number of amides is 2. The molecule has 2 amide bonds. The highest BCUT2D eigenvalue weighted by molar-refractivity contribution is 5.96. The first-order valence-electron chi connectivity index (χ1n) is 9.86. The Labute approximate surface area is 161 Å². The molecule has 2 rings (SSSR count). The molecule has 0 saturated carbocycles. The minimum absolute atomic E-state index is 0.00648. The lowest BCUT2D eigenvalue weighted by Gasteiger charge is -2.31. The maximum absolute atomic E-state index is 12.7. The van der Waals surface area contributed by atoms with E-state index in [1.54, 1.807) is 36.1 Å². The Balaban J connectivity index is 1.91. The van der Waals surface area contributed by atoms with Gasteiger partial charge in [-0.3, -0.25) is 14.4 Å². The largest absolute Gasteiger partial charge is 0.466 e. The average molecular weight is 374 g/mol. The predicted octanol–water partition coefficient (Wildman–Crippen LogP) is 3.48. The van der Waals surface area contributed by atoms with Crippen LogP contribution in [0.15, 0.2) is 24.3 Å². The Hall–Kier alpha value is -2.37. The fourth-order valence-corrected chi connectivity index (χ4v) is 3.36. The topological polar surface area (TPSA) is 75.7 Å². The number of nitrogens with zero attached hydrogens (tertiary/aromatic N) is 1.